The second-order valence-corrected chi connectivity index (χ2v) is 8.63. The smallest absolute Gasteiger partial charge is 0.268 e. The normalized spacial score (nSPS) is 14.6. The van der Waals surface area contributed by atoms with E-state index in [1.54, 1.807) is 0 Å². The van der Waals surface area contributed by atoms with Crippen LogP contribution < -0.4 is 11.1 Å². The Kier molecular flexibility index (Phi) is 5.35. The first-order valence-corrected chi connectivity index (χ1v) is 11.2. The number of aromatic nitrogens is 2. The van der Waals surface area contributed by atoms with E-state index in [9.17, 15) is 4.79 Å². The van der Waals surface area contributed by atoms with Gasteiger partial charge in [-0.3, -0.25) is 15.2 Å². The zero-order chi connectivity index (χ0) is 22.1. The number of carbonyl (C=O) groups is 1. The summed E-state index contributed by atoms with van der Waals surface area (Å²) in [7, 11) is 0. The van der Waals surface area contributed by atoms with Crippen molar-refractivity contribution in [3.8, 4) is 0 Å². The highest BCUT2D eigenvalue weighted by molar-refractivity contribution is 6.02. The lowest BCUT2D eigenvalue weighted by Crippen LogP contribution is -2.37. The average Bonchev–Trinajstić information content (AvgIpc) is 3.18. The van der Waals surface area contributed by atoms with Crippen LogP contribution in [0, 0.1) is 5.41 Å². The van der Waals surface area contributed by atoms with Crippen molar-refractivity contribution in [2.45, 2.75) is 44.7 Å². The van der Waals surface area contributed by atoms with Crippen LogP contribution in [-0.2, 0) is 6.54 Å². The molecular weight excluding hydrogens is 398 g/mol. The SMILES string of the molecule is N=C(N)c1ccc2cc(C(=O)NC3CCCCC3)n(Cc3cncc4ccccc34)c2c1. The van der Waals surface area contributed by atoms with Gasteiger partial charge in [0.25, 0.3) is 5.91 Å². The fraction of sp³-hybridized carbons (Fsp3) is 0.269. The lowest BCUT2D eigenvalue weighted by molar-refractivity contribution is 0.0919. The highest BCUT2D eigenvalue weighted by Crippen LogP contribution is 2.26. The van der Waals surface area contributed by atoms with Crippen molar-refractivity contribution in [2.24, 2.45) is 5.73 Å². The fourth-order valence-electron chi connectivity index (χ4n) is 4.76. The van der Waals surface area contributed by atoms with Crippen LogP contribution in [0.5, 0.6) is 0 Å². The number of hydrogen-bond donors (Lipinski definition) is 3. The maximum absolute atomic E-state index is 13.4. The Morgan fingerprint density at radius 1 is 1.06 bits per heavy atom. The number of benzene rings is 2. The van der Waals surface area contributed by atoms with E-state index in [4.69, 9.17) is 11.1 Å². The summed E-state index contributed by atoms with van der Waals surface area (Å²) in [5, 5.41) is 14.2. The van der Waals surface area contributed by atoms with Crippen molar-refractivity contribution < 1.29 is 4.79 Å². The highest BCUT2D eigenvalue weighted by Gasteiger charge is 2.21. The molecule has 4 aromatic rings. The molecule has 0 unspecified atom stereocenters. The molecule has 0 atom stereocenters. The van der Waals surface area contributed by atoms with E-state index >= 15 is 0 Å². The summed E-state index contributed by atoms with van der Waals surface area (Å²) in [6, 6.07) is 16.0. The molecule has 0 aliphatic heterocycles. The molecule has 0 bridgehead atoms. The molecule has 2 heterocycles. The average molecular weight is 426 g/mol. The van der Waals surface area contributed by atoms with Crippen molar-refractivity contribution >= 4 is 33.4 Å². The first-order valence-electron chi connectivity index (χ1n) is 11.2. The van der Waals surface area contributed by atoms with E-state index in [1.165, 1.54) is 6.42 Å². The van der Waals surface area contributed by atoms with Gasteiger partial charge in [-0.2, -0.15) is 0 Å². The first kappa shape index (κ1) is 20.2. The molecule has 1 saturated carbocycles. The van der Waals surface area contributed by atoms with Crippen molar-refractivity contribution in [3.05, 3.63) is 77.7 Å². The zero-order valence-corrected chi connectivity index (χ0v) is 18.0. The number of hydrogen-bond acceptors (Lipinski definition) is 3. The summed E-state index contributed by atoms with van der Waals surface area (Å²) in [5.74, 6) is -0.0367. The molecule has 2 aromatic heterocycles. The van der Waals surface area contributed by atoms with Gasteiger partial charge in [0, 0.05) is 40.3 Å². The van der Waals surface area contributed by atoms with Crippen LogP contribution in [0.2, 0.25) is 0 Å². The monoisotopic (exact) mass is 425 g/mol. The molecule has 6 heteroatoms. The Morgan fingerprint density at radius 3 is 2.69 bits per heavy atom. The second kappa shape index (κ2) is 8.46. The van der Waals surface area contributed by atoms with Crippen LogP contribution >= 0.6 is 0 Å². The van der Waals surface area contributed by atoms with Crippen LogP contribution in [0.4, 0.5) is 0 Å². The predicted molar refractivity (Wildman–Crippen MR) is 128 cm³/mol. The molecule has 4 N–H and O–H groups in total. The number of fused-ring (bicyclic) bond motifs is 2. The molecule has 2 aromatic carbocycles. The van der Waals surface area contributed by atoms with Gasteiger partial charge in [-0.25, -0.2) is 0 Å². The summed E-state index contributed by atoms with van der Waals surface area (Å²) >= 11 is 0. The Morgan fingerprint density at radius 2 is 1.88 bits per heavy atom. The van der Waals surface area contributed by atoms with Crippen LogP contribution in [-0.4, -0.2) is 27.3 Å². The Labute approximate surface area is 187 Å². The standard InChI is InChI=1S/C26H27N5O/c27-25(28)18-11-10-17-12-24(26(32)30-21-7-2-1-3-8-21)31(23(17)13-18)16-20-15-29-14-19-6-4-5-9-22(19)20/h4-6,9-15,21H,1-3,7-8,16H2,(H3,27,28)(H,30,32). The number of carbonyl (C=O) groups excluding carboxylic acids is 1. The number of amides is 1. The molecule has 162 valence electrons. The van der Waals surface area contributed by atoms with Crippen LogP contribution in [0.3, 0.4) is 0 Å². The molecule has 1 fully saturated rings. The van der Waals surface area contributed by atoms with Crippen LogP contribution in [0.25, 0.3) is 21.7 Å². The molecule has 5 rings (SSSR count). The molecular formula is C26H27N5O. The fourth-order valence-corrected chi connectivity index (χ4v) is 4.76. The number of nitrogens with one attached hydrogen (secondary N) is 2. The molecule has 1 amide bonds. The van der Waals surface area contributed by atoms with E-state index in [2.05, 4.69) is 16.4 Å². The van der Waals surface area contributed by atoms with Gasteiger partial charge in [0.2, 0.25) is 0 Å². The van der Waals surface area contributed by atoms with Gasteiger partial charge in [0.15, 0.2) is 0 Å². The summed E-state index contributed by atoms with van der Waals surface area (Å²) in [6.07, 6.45) is 9.37. The number of amidine groups is 1. The van der Waals surface area contributed by atoms with E-state index in [-0.39, 0.29) is 17.8 Å². The van der Waals surface area contributed by atoms with Gasteiger partial charge in [0.05, 0.1) is 6.54 Å². The lowest BCUT2D eigenvalue weighted by Gasteiger charge is -2.23. The molecule has 0 spiro atoms. The van der Waals surface area contributed by atoms with E-state index in [0.29, 0.717) is 17.8 Å². The van der Waals surface area contributed by atoms with Gasteiger partial charge in [-0.05, 0) is 35.9 Å². The Balaban J connectivity index is 1.60. The number of nitrogens with zero attached hydrogens (tertiary/aromatic N) is 2. The molecule has 32 heavy (non-hydrogen) atoms. The third-order valence-electron chi connectivity index (χ3n) is 6.47. The van der Waals surface area contributed by atoms with Crippen LogP contribution in [0.1, 0.15) is 53.7 Å². The second-order valence-electron chi connectivity index (χ2n) is 8.63. The molecule has 1 aliphatic rings. The maximum Gasteiger partial charge on any atom is 0.268 e. The minimum atomic E-state index is -0.0503. The minimum Gasteiger partial charge on any atom is -0.384 e. The van der Waals surface area contributed by atoms with Crippen LogP contribution in [0.15, 0.2) is 60.9 Å². The minimum absolute atomic E-state index is 0.0136. The molecule has 1 aliphatic carbocycles. The van der Waals surface area contributed by atoms with E-state index < -0.39 is 0 Å². The quantitative estimate of drug-likeness (QED) is 0.322. The third-order valence-corrected chi connectivity index (χ3v) is 6.47. The third kappa shape index (κ3) is 3.84. The summed E-state index contributed by atoms with van der Waals surface area (Å²) in [6.45, 7) is 0.507. The largest absolute Gasteiger partial charge is 0.384 e. The number of pyridine rings is 1. The number of nitrogens with two attached hydrogens (primary N) is 1. The predicted octanol–water partition coefficient (Wildman–Crippen LogP) is 4.58. The summed E-state index contributed by atoms with van der Waals surface area (Å²) in [4.78, 5) is 17.8. The molecule has 0 saturated heterocycles. The van der Waals surface area contributed by atoms with Gasteiger partial charge >= 0.3 is 0 Å². The van der Waals surface area contributed by atoms with Gasteiger partial charge in [-0.15, -0.1) is 0 Å². The lowest BCUT2D eigenvalue weighted by atomic mass is 9.95. The van der Waals surface area contributed by atoms with Gasteiger partial charge in [0.1, 0.15) is 11.5 Å². The van der Waals surface area contributed by atoms with Crippen molar-refractivity contribution in [1.29, 1.82) is 5.41 Å². The summed E-state index contributed by atoms with van der Waals surface area (Å²) < 4.78 is 2.03. The van der Waals surface area contributed by atoms with Crippen molar-refractivity contribution in [3.63, 3.8) is 0 Å². The summed E-state index contributed by atoms with van der Waals surface area (Å²) in [5.41, 5.74) is 8.96. The molecule has 0 radical (unpaired) electrons. The van der Waals surface area contributed by atoms with Crippen molar-refractivity contribution in [1.82, 2.24) is 14.9 Å². The number of rotatable bonds is 5. The van der Waals surface area contributed by atoms with E-state index in [0.717, 1.165) is 52.9 Å². The van der Waals surface area contributed by atoms with Gasteiger partial charge < -0.3 is 15.6 Å². The van der Waals surface area contributed by atoms with Gasteiger partial charge in [-0.1, -0.05) is 55.7 Å². The highest BCUT2D eigenvalue weighted by atomic mass is 16.2. The number of nitrogen functional groups attached to an aromatic ring is 1. The zero-order valence-electron chi connectivity index (χ0n) is 18.0. The Bertz CT molecular complexity index is 1310. The topological polar surface area (TPSA) is 96.8 Å². The van der Waals surface area contributed by atoms with Crippen molar-refractivity contribution in [2.75, 3.05) is 0 Å². The Hall–Kier alpha value is -3.67. The maximum atomic E-state index is 13.4. The van der Waals surface area contributed by atoms with E-state index in [1.807, 2.05) is 59.4 Å². The first-order chi connectivity index (χ1) is 15.6. The molecule has 6 nitrogen and oxygen atoms in total.